The molecule has 0 fully saturated rings. The van der Waals surface area contributed by atoms with Crippen LogP contribution in [-0.2, 0) is 6.54 Å². The van der Waals surface area contributed by atoms with Gasteiger partial charge in [-0.2, -0.15) is 5.26 Å². The predicted molar refractivity (Wildman–Crippen MR) is 57.2 cm³/mol. The second-order valence-corrected chi connectivity index (χ2v) is 3.42. The van der Waals surface area contributed by atoms with Crippen LogP contribution >= 0.6 is 0 Å². The van der Waals surface area contributed by atoms with Gasteiger partial charge in [0, 0.05) is 24.6 Å². The number of nitrogens with zero attached hydrogens (tertiary/aromatic N) is 3. The van der Waals surface area contributed by atoms with E-state index >= 15 is 0 Å². The van der Waals surface area contributed by atoms with Crippen molar-refractivity contribution >= 4 is 0 Å². The molecule has 74 valence electrons. The van der Waals surface area contributed by atoms with Gasteiger partial charge in [-0.3, -0.25) is 4.98 Å². The van der Waals surface area contributed by atoms with Crippen LogP contribution in [0.1, 0.15) is 17.0 Å². The molecule has 0 bridgehead atoms. The molecular formula is C12H11N3. The number of rotatable bonds is 2. The third kappa shape index (κ3) is 1.89. The molecule has 0 aliphatic heterocycles. The number of hydrogen-bond donors (Lipinski definition) is 0. The lowest BCUT2D eigenvalue weighted by Crippen LogP contribution is -2.04. The highest BCUT2D eigenvalue weighted by Crippen LogP contribution is 2.10. The van der Waals surface area contributed by atoms with Crippen molar-refractivity contribution in [2.24, 2.45) is 0 Å². The van der Waals surface area contributed by atoms with E-state index in [4.69, 9.17) is 5.26 Å². The predicted octanol–water partition coefficient (Wildman–Crippen LogP) is 2.11. The lowest BCUT2D eigenvalue weighted by Gasteiger charge is -2.07. The van der Waals surface area contributed by atoms with Crippen molar-refractivity contribution in [1.29, 1.82) is 5.26 Å². The Morgan fingerprint density at radius 1 is 1.40 bits per heavy atom. The summed E-state index contributed by atoms with van der Waals surface area (Å²) in [6.45, 7) is 2.70. The average molecular weight is 197 g/mol. The highest BCUT2D eigenvalue weighted by Gasteiger charge is 2.04. The van der Waals surface area contributed by atoms with Gasteiger partial charge in [-0.25, -0.2) is 0 Å². The first-order valence-corrected chi connectivity index (χ1v) is 4.76. The van der Waals surface area contributed by atoms with Crippen molar-refractivity contribution in [3.8, 4) is 6.07 Å². The molecule has 0 radical (unpaired) electrons. The number of aryl methyl sites for hydroxylation is 1. The monoisotopic (exact) mass is 197 g/mol. The van der Waals surface area contributed by atoms with Gasteiger partial charge in [0.1, 0.15) is 11.8 Å². The third-order valence-corrected chi connectivity index (χ3v) is 2.38. The van der Waals surface area contributed by atoms with Crippen molar-refractivity contribution in [2.45, 2.75) is 13.5 Å². The number of aromatic nitrogens is 2. The van der Waals surface area contributed by atoms with E-state index in [1.165, 1.54) is 0 Å². The van der Waals surface area contributed by atoms with Gasteiger partial charge in [-0.15, -0.1) is 0 Å². The van der Waals surface area contributed by atoms with Gasteiger partial charge >= 0.3 is 0 Å². The van der Waals surface area contributed by atoms with Gasteiger partial charge in [0.25, 0.3) is 0 Å². The van der Waals surface area contributed by atoms with E-state index in [0.29, 0.717) is 12.2 Å². The van der Waals surface area contributed by atoms with Gasteiger partial charge in [0.05, 0.1) is 0 Å². The molecular weight excluding hydrogens is 186 g/mol. The molecule has 3 heteroatoms. The number of hydrogen-bond acceptors (Lipinski definition) is 2. The van der Waals surface area contributed by atoms with Crippen molar-refractivity contribution in [1.82, 2.24) is 9.55 Å². The molecule has 0 N–H and O–H groups in total. The summed E-state index contributed by atoms with van der Waals surface area (Å²) < 4.78 is 1.98. The average Bonchev–Trinajstić information content (AvgIpc) is 2.62. The smallest absolute Gasteiger partial charge is 0.120 e. The molecule has 0 unspecified atom stereocenters. The molecule has 2 rings (SSSR count). The van der Waals surface area contributed by atoms with Crippen LogP contribution < -0.4 is 0 Å². The Kier molecular flexibility index (Phi) is 2.51. The topological polar surface area (TPSA) is 41.6 Å². The standard InChI is InChI=1S/C12H11N3/c1-10-4-5-12(7-13)15(10)9-11-3-2-6-14-8-11/h2-6,8H,9H2,1H3. The molecule has 0 aliphatic rings. The Bertz CT molecular complexity index is 491. The summed E-state index contributed by atoms with van der Waals surface area (Å²) in [5.41, 5.74) is 2.89. The largest absolute Gasteiger partial charge is 0.332 e. The van der Waals surface area contributed by atoms with E-state index in [1.807, 2.05) is 42.0 Å². The molecule has 2 aromatic heterocycles. The lowest BCUT2D eigenvalue weighted by atomic mass is 10.3. The Balaban J connectivity index is 2.33. The Labute approximate surface area is 88.6 Å². The number of nitriles is 1. The van der Waals surface area contributed by atoms with Crippen molar-refractivity contribution in [3.63, 3.8) is 0 Å². The Morgan fingerprint density at radius 2 is 2.27 bits per heavy atom. The van der Waals surface area contributed by atoms with E-state index in [0.717, 1.165) is 11.3 Å². The normalized spacial score (nSPS) is 9.87. The second-order valence-electron chi connectivity index (χ2n) is 3.42. The zero-order valence-corrected chi connectivity index (χ0v) is 8.51. The van der Waals surface area contributed by atoms with Gasteiger partial charge in [-0.1, -0.05) is 6.07 Å². The SMILES string of the molecule is Cc1ccc(C#N)n1Cc1cccnc1. The molecule has 0 aliphatic carbocycles. The highest BCUT2D eigenvalue weighted by atomic mass is 15.0. The summed E-state index contributed by atoms with van der Waals surface area (Å²) in [6, 6.07) is 9.88. The van der Waals surface area contributed by atoms with Crippen molar-refractivity contribution in [2.75, 3.05) is 0 Å². The second kappa shape index (κ2) is 3.97. The van der Waals surface area contributed by atoms with Gasteiger partial charge in [0.15, 0.2) is 0 Å². The summed E-state index contributed by atoms with van der Waals surface area (Å²) in [6.07, 6.45) is 3.57. The van der Waals surface area contributed by atoms with Gasteiger partial charge in [0.2, 0.25) is 0 Å². The van der Waals surface area contributed by atoms with Crippen LogP contribution in [0.4, 0.5) is 0 Å². The third-order valence-electron chi connectivity index (χ3n) is 2.38. The highest BCUT2D eigenvalue weighted by molar-refractivity contribution is 5.28. The number of pyridine rings is 1. The zero-order chi connectivity index (χ0) is 10.7. The van der Waals surface area contributed by atoms with E-state index in [-0.39, 0.29) is 0 Å². The molecule has 0 aromatic carbocycles. The van der Waals surface area contributed by atoms with Crippen LogP contribution in [0.15, 0.2) is 36.7 Å². The first-order chi connectivity index (χ1) is 7.31. The van der Waals surface area contributed by atoms with Crippen LogP contribution in [0.2, 0.25) is 0 Å². The van der Waals surface area contributed by atoms with E-state index in [1.54, 1.807) is 6.20 Å². The fourth-order valence-corrected chi connectivity index (χ4v) is 1.55. The first-order valence-electron chi connectivity index (χ1n) is 4.76. The zero-order valence-electron chi connectivity index (χ0n) is 8.51. The van der Waals surface area contributed by atoms with Crippen molar-refractivity contribution < 1.29 is 0 Å². The van der Waals surface area contributed by atoms with E-state index in [9.17, 15) is 0 Å². The van der Waals surface area contributed by atoms with E-state index < -0.39 is 0 Å². The maximum absolute atomic E-state index is 8.92. The fourth-order valence-electron chi connectivity index (χ4n) is 1.55. The van der Waals surface area contributed by atoms with Gasteiger partial charge < -0.3 is 4.57 Å². The molecule has 0 atom stereocenters. The van der Waals surface area contributed by atoms with Crippen molar-refractivity contribution in [3.05, 3.63) is 53.6 Å². The maximum atomic E-state index is 8.92. The van der Waals surface area contributed by atoms with Crippen LogP contribution in [-0.4, -0.2) is 9.55 Å². The molecule has 3 nitrogen and oxygen atoms in total. The Hall–Kier alpha value is -2.08. The maximum Gasteiger partial charge on any atom is 0.120 e. The molecule has 0 amide bonds. The summed E-state index contributed by atoms with van der Waals surface area (Å²) in [4.78, 5) is 4.05. The van der Waals surface area contributed by atoms with Crippen LogP contribution in [0, 0.1) is 18.3 Å². The molecule has 15 heavy (non-hydrogen) atoms. The fraction of sp³-hybridized carbons (Fsp3) is 0.167. The van der Waals surface area contributed by atoms with Crippen LogP contribution in [0.25, 0.3) is 0 Å². The quantitative estimate of drug-likeness (QED) is 0.739. The minimum atomic E-state index is 0.691. The summed E-state index contributed by atoms with van der Waals surface area (Å²) in [7, 11) is 0. The lowest BCUT2D eigenvalue weighted by molar-refractivity contribution is 0.762. The van der Waals surface area contributed by atoms with Crippen LogP contribution in [0.3, 0.4) is 0 Å². The molecule has 2 heterocycles. The van der Waals surface area contributed by atoms with Crippen LogP contribution in [0.5, 0.6) is 0 Å². The molecule has 0 spiro atoms. The summed E-state index contributed by atoms with van der Waals surface area (Å²) in [5, 5.41) is 8.92. The van der Waals surface area contributed by atoms with E-state index in [2.05, 4.69) is 11.1 Å². The minimum Gasteiger partial charge on any atom is -0.332 e. The summed E-state index contributed by atoms with van der Waals surface area (Å²) in [5.74, 6) is 0. The Morgan fingerprint density at radius 3 is 2.93 bits per heavy atom. The molecule has 0 saturated carbocycles. The molecule has 0 saturated heterocycles. The molecule has 2 aromatic rings. The summed E-state index contributed by atoms with van der Waals surface area (Å²) >= 11 is 0. The van der Waals surface area contributed by atoms with Gasteiger partial charge in [-0.05, 0) is 30.7 Å². The first kappa shape index (κ1) is 9.47. The minimum absolute atomic E-state index is 0.691.